The lowest BCUT2D eigenvalue weighted by atomic mass is 10.2. The molecule has 1 aromatic heterocycles. The number of carboxylic acid groups (broad SMARTS) is 1. The second kappa shape index (κ2) is 4.41. The summed E-state index contributed by atoms with van der Waals surface area (Å²) in [5.41, 5.74) is 0.211. The van der Waals surface area contributed by atoms with Crippen molar-refractivity contribution in [3.05, 3.63) is 22.3 Å². The summed E-state index contributed by atoms with van der Waals surface area (Å²) in [6, 6.07) is 1.73. The Morgan fingerprint density at radius 3 is 2.79 bits per heavy atom. The molecule has 0 bridgehead atoms. The summed E-state index contributed by atoms with van der Waals surface area (Å²) in [4.78, 5) is 14.8. The molecule has 2 N–H and O–H groups in total. The Labute approximate surface area is 90.5 Å². The minimum atomic E-state index is -0.967. The van der Waals surface area contributed by atoms with Gasteiger partial charge >= 0.3 is 5.97 Å². The summed E-state index contributed by atoms with van der Waals surface area (Å²) in [6.45, 7) is 3.92. The maximum Gasteiger partial charge on any atom is 0.337 e. The molecule has 0 aromatic carbocycles. The molecule has 5 heteroatoms. The Balaban J connectivity index is 3.00. The molecule has 0 amide bonds. The van der Waals surface area contributed by atoms with Gasteiger partial charge in [0.25, 0.3) is 0 Å². The molecule has 0 spiro atoms. The Hall–Kier alpha value is -1.10. The van der Waals surface area contributed by atoms with Crippen molar-refractivity contribution in [2.45, 2.75) is 19.9 Å². The zero-order valence-electron chi connectivity index (χ0n) is 7.91. The average Bonchev–Trinajstić information content (AvgIpc) is 2.07. The van der Waals surface area contributed by atoms with Crippen LogP contribution >= 0.6 is 15.9 Å². The van der Waals surface area contributed by atoms with Gasteiger partial charge in [-0.15, -0.1) is 0 Å². The van der Waals surface area contributed by atoms with Crippen molar-refractivity contribution in [2.24, 2.45) is 0 Å². The van der Waals surface area contributed by atoms with E-state index in [4.69, 9.17) is 5.11 Å². The van der Waals surface area contributed by atoms with Crippen LogP contribution in [0.4, 0.5) is 5.82 Å². The minimum absolute atomic E-state index is 0.211. The fourth-order valence-corrected chi connectivity index (χ4v) is 1.36. The topological polar surface area (TPSA) is 62.2 Å². The van der Waals surface area contributed by atoms with E-state index in [9.17, 15) is 4.79 Å². The zero-order valence-corrected chi connectivity index (χ0v) is 9.50. The zero-order chi connectivity index (χ0) is 10.7. The van der Waals surface area contributed by atoms with E-state index in [1.807, 2.05) is 13.8 Å². The minimum Gasteiger partial charge on any atom is -0.478 e. The van der Waals surface area contributed by atoms with Crippen molar-refractivity contribution < 1.29 is 9.90 Å². The van der Waals surface area contributed by atoms with Crippen LogP contribution in [-0.2, 0) is 0 Å². The highest BCUT2D eigenvalue weighted by Crippen LogP contribution is 2.18. The van der Waals surface area contributed by atoms with Gasteiger partial charge in [0.05, 0.1) is 10.0 Å². The van der Waals surface area contributed by atoms with Crippen molar-refractivity contribution in [3.63, 3.8) is 0 Å². The molecule has 0 saturated heterocycles. The second-order valence-corrected chi connectivity index (χ2v) is 4.01. The number of carboxylic acids is 1. The monoisotopic (exact) mass is 258 g/mol. The first-order valence-electron chi connectivity index (χ1n) is 4.16. The number of hydrogen-bond donors (Lipinski definition) is 2. The predicted molar refractivity (Wildman–Crippen MR) is 57.7 cm³/mol. The van der Waals surface area contributed by atoms with E-state index in [0.29, 0.717) is 10.3 Å². The van der Waals surface area contributed by atoms with Crippen LogP contribution in [0.3, 0.4) is 0 Å². The third-order valence-electron chi connectivity index (χ3n) is 1.52. The van der Waals surface area contributed by atoms with E-state index in [2.05, 4.69) is 26.2 Å². The van der Waals surface area contributed by atoms with Crippen molar-refractivity contribution >= 4 is 27.7 Å². The molecule has 14 heavy (non-hydrogen) atoms. The number of pyridine rings is 1. The molecule has 0 aliphatic rings. The summed E-state index contributed by atoms with van der Waals surface area (Å²) < 4.78 is 0.485. The van der Waals surface area contributed by atoms with Gasteiger partial charge in [0.1, 0.15) is 5.82 Å². The first kappa shape index (κ1) is 11.0. The average molecular weight is 259 g/mol. The smallest absolute Gasteiger partial charge is 0.337 e. The molecule has 0 fully saturated rings. The lowest BCUT2D eigenvalue weighted by Gasteiger charge is -2.09. The van der Waals surface area contributed by atoms with E-state index < -0.39 is 5.97 Å². The predicted octanol–water partition coefficient (Wildman–Crippen LogP) is 2.36. The van der Waals surface area contributed by atoms with Crippen LogP contribution in [0.5, 0.6) is 0 Å². The Bertz CT molecular complexity index is 353. The summed E-state index contributed by atoms with van der Waals surface area (Å²) in [6.07, 6.45) is 1.48. The van der Waals surface area contributed by atoms with Gasteiger partial charge in [-0.25, -0.2) is 9.78 Å². The number of rotatable bonds is 3. The van der Waals surface area contributed by atoms with Gasteiger partial charge in [-0.1, -0.05) is 0 Å². The van der Waals surface area contributed by atoms with Crippen LogP contribution in [0, 0.1) is 0 Å². The molecule has 0 radical (unpaired) electrons. The van der Waals surface area contributed by atoms with Gasteiger partial charge < -0.3 is 10.4 Å². The second-order valence-electron chi connectivity index (χ2n) is 3.15. The molecule has 0 atom stereocenters. The van der Waals surface area contributed by atoms with Crippen LogP contribution in [0.15, 0.2) is 16.7 Å². The van der Waals surface area contributed by atoms with Crippen LogP contribution in [0.25, 0.3) is 0 Å². The summed E-state index contributed by atoms with van der Waals surface area (Å²) in [5, 5.41) is 11.9. The molecule has 0 saturated carbocycles. The van der Waals surface area contributed by atoms with Gasteiger partial charge in [0, 0.05) is 12.2 Å². The first-order chi connectivity index (χ1) is 6.50. The standard InChI is InChI=1S/C9H11BrN2O2/c1-5(2)12-8-3-6(9(13)14)7(10)4-11-8/h3-5H,1-2H3,(H,11,12)(H,13,14). The van der Waals surface area contributed by atoms with Gasteiger partial charge in [-0.05, 0) is 35.8 Å². The molecule has 1 aromatic rings. The van der Waals surface area contributed by atoms with Gasteiger partial charge in [-0.2, -0.15) is 0 Å². The van der Waals surface area contributed by atoms with Crippen LogP contribution in [-0.4, -0.2) is 22.1 Å². The SMILES string of the molecule is CC(C)Nc1cc(C(=O)O)c(Br)cn1. The third-order valence-corrected chi connectivity index (χ3v) is 2.15. The molecule has 4 nitrogen and oxygen atoms in total. The number of nitrogens with zero attached hydrogens (tertiary/aromatic N) is 1. The molecular formula is C9H11BrN2O2. The maximum absolute atomic E-state index is 10.8. The van der Waals surface area contributed by atoms with Crippen molar-refractivity contribution in [1.82, 2.24) is 4.98 Å². The molecule has 0 aliphatic heterocycles. The Morgan fingerprint density at radius 2 is 2.29 bits per heavy atom. The summed E-state index contributed by atoms with van der Waals surface area (Å²) in [7, 11) is 0. The highest BCUT2D eigenvalue weighted by atomic mass is 79.9. The van der Waals surface area contributed by atoms with E-state index in [-0.39, 0.29) is 11.6 Å². The molecule has 0 aliphatic carbocycles. The number of anilines is 1. The fraction of sp³-hybridized carbons (Fsp3) is 0.333. The van der Waals surface area contributed by atoms with Crippen molar-refractivity contribution in [1.29, 1.82) is 0 Å². The molecule has 0 unspecified atom stereocenters. The number of nitrogens with one attached hydrogen (secondary N) is 1. The number of carbonyl (C=O) groups is 1. The summed E-state index contributed by atoms with van der Waals surface area (Å²) >= 11 is 3.13. The Morgan fingerprint density at radius 1 is 1.64 bits per heavy atom. The lowest BCUT2D eigenvalue weighted by Crippen LogP contribution is -2.12. The fourth-order valence-electron chi connectivity index (χ4n) is 0.977. The van der Waals surface area contributed by atoms with Crippen molar-refractivity contribution in [2.75, 3.05) is 5.32 Å². The molecule has 76 valence electrons. The van der Waals surface area contributed by atoms with E-state index in [0.717, 1.165) is 0 Å². The molecular weight excluding hydrogens is 248 g/mol. The normalized spacial score (nSPS) is 10.3. The number of aromatic nitrogens is 1. The highest BCUT2D eigenvalue weighted by Gasteiger charge is 2.10. The highest BCUT2D eigenvalue weighted by molar-refractivity contribution is 9.10. The molecule has 1 heterocycles. The summed E-state index contributed by atoms with van der Waals surface area (Å²) in [5.74, 6) is -0.397. The van der Waals surface area contributed by atoms with Gasteiger partial charge in [0.15, 0.2) is 0 Å². The van der Waals surface area contributed by atoms with Gasteiger partial charge in [0.2, 0.25) is 0 Å². The number of hydrogen-bond acceptors (Lipinski definition) is 3. The maximum atomic E-state index is 10.8. The van der Waals surface area contributed by atoms with Crippen LogP contribution < -0.4 is 5.32 Å². The first-order valence-corrected chi connectivity index (χ1v) is 4.95. The lowest BCUT2D eigenvalue weighted by molar-refractivity contribution is 0.0696. The van der Waals surface area contributed by atoms with E-state index in [1.54, 1.807) is 0 Å². The molecule has 1 rings (SSSR count). The van der Waals surface area contributed by atoms with Gasteiger partial charge in [-0.3, -0.25) is 0 Å². The third kappa shape index (κ3) is 2.70. The largest absolute Gasteiger partial charge is 0.478 e. The van der Waals surface area contributed by atoms with E-state index >= 15 is 0 Å². The Kier molecular flexibility index (Phi) is 3.46. The van der Waals surface area contributed by atoms with Crippen LogP contribution in [0.1, 0.15) is 24.2 Å². The number of halogens is 1. The van der Waals surface area contributed by atoms with Crippen LogP contribution in [0.2, 0.25) is 0 Å². The van der Waals surface area contributed by atoms with E-state index in [1.165, 1.54) is 12.3 Å². The van der Waals surface area contributed by atoms with Crippen molar-refractivity contribution in [3.8, 4) is 0 Å². The quantitative estimate of drug-likeness (QED) is 0.874. The number of aromatic carboxylic acids is 1.